The minimum absolute atomic E-state index is 0.0195. The Morgan fingerprint density at radius 2 is 2.25 bits per heavy atom. The van der Waals surface area contributed by atoms with Crippen molar-refractivity contribution in [3.05, 3.63) is 40.7 Å². The van der Waals surface area contributed by atoms with Crippen molar-refractivity contribution in [1.82, 2.24) is 4.57 Å². The summed E-state index contributed by atoms with van der Waals surface area (Å²) in [7, 11) is 1.81. The Kier molecular flexibility index (Phi) is 3.74. The Morgan fingerprint density at radius 1 is 1.40 bits per heavy atom. The van der Waals surface area contributed by atoms with E-state index in [4.69, 9.17) is 4.74 Å². The summed E-state index contributed by atoms with van der Waals surface area (Å²) in [6, 6.07) is 9.67. The lowest BCUT2D eigenvalue weighted by atomic mass is 10.0. The molecule has 1 fully saturated rings. The molecule has 0 amide bonds. The van der Waals surface area contributed by atoms with Crippen molar-refractivity contribution in [3.63, 3.8) is 0 Å². The van der Waals surface area contributed by atoms with Crippen molar-refractivity contribution in [2.75, 3.05) is 25.1 Å². The minimum atomic E-state index is 0.0195. The molecule has 4 nitrogen and oxygen atoms in total. The highest BCUT2D eigenvalue weighted by atomic mass is 16.5. The van der Waals surface area contributed by atoms with Crippen LogP contribution in [0, 0.1) is 5.92 Å². The highest BCUT2D eigenvalue weighted by Crippen LogP contribution is 2.22. The quantitative estimate of drug-likeness (QED) is 0.933. The smallest absolute Gasteiger partial charge is 0.252 e. The van der Waals surface area contributed by atoms with Gasteiger partial charge in [-0.25, -0.2) is 0 Å². The molecule has 0 aliphatic carbocycles. The fraction of sp³-hybridized carbons (Fsp3) is 0.438. The van der Waals surface area contributed by atoms with Crippen LogP contribution in [0.1, 0.15) is 12.8 Å². The molecule has 1 aromatic heterocycles. The number of nitrogens with zero attached hydrogens (tertiary/aromatic N) is 1. The monoisotopic (exact) mass is 272 g/mol. The molecule has 20 heavy (non-hydrogen) atoms. The number of fused-ring (bicyclic) bond motifs is 1. The summed E-state index contributed by atoms with van der Waals surface area (Å²) in [5.74, 6) is 0.534. The number of hydrogen-bond acceptors (Lipinski definition) is 3. The molecule has 3 rings (SSSR count). The van der Waals surface area contributed by atoms with Crippen LogP contribution in [0.5, 0.6) is 0 Å². The average Bonchev–Trinajstić information content (AvgIpc) is 2.50. The third-order valence-corrected chi connectivity index (χ3v) is 3.99. The molecule has 0 spiro atoms. The van der Waals surface area contributed by atoms with E-state index in [1.807, 2.05) is 25.2 Å². The lowest BCUT2D eigenvalue weighted by Gasteiger charge is -2.23. The number of rotatable bonds is 3. The van der Waals surface area contributed by atoms with E-state index in [2.05, 4.69) is 11.4 Å². The van der Waals surface area contributed by atoms with Gasteiger partial charge in [-0.1, -0.05) is 18.2 Å². The van der Waals surface area contributed by atoms with Crippen LogP contribution in [0.4, 0.5) is 5.69 Å². The molecule has 4 heteroatoms. The van der Waals surface area contributed by atoms with Crippen LogP contribution in [0.25, 0.3) is 10.9 Å². The van der Waals surface area contributed by atoms with E-state index in [-0.39, 0.29) is 5.56 Å². The average molecular weight is 272 g/mol. The zero-order valence-electron chi connectivity index (χ0n) is 11.8. The number of anilines is 1. The normalized spacial score (nSPS) is 19.1. The Labute approximate surface area is 118 Å². The zero-order chi connectivity index (χ0) is 13.9. The second kappa shape index (κ2) is 5.67. The Balaban J connectivity index is 1.87. The molecule has 1 aromatic carbocycles. The van der Waals surface area contributed by atoms with E-state index in [0.717, 1.165) is 42.8 Å². The number of aryl methyl sites for hydroxylation is 1. The minimum Gasteiger partial charge on any atom is -0.384 e. The highest BCUT2D eigenvalue weighted by molar-refractivity contribution is 5.91. The van der Waals surface area contributed by atoms with Gasteiger partial charge in [-0.2, -0.15) is 0 Å². The Morgan fingerprint density at radius 3 is 3.05 bits per heavy atom. The van der Waals surface area contributed by atoms with Gasteiger partial charge < -0.3 is 14.6 Å². The first-order valence-corrected chi connectivity index (χ1v) is 7.16. The summed E-state index contributed by atoms with van der Waals surface area (Å²) in [6.45, 7) is 2.55. The van der Waals surface area contributed by atoms with E-state index >= 15 is 0 Å². The summed E-state index contributed by atoms with van der Waals surface area (Å²) in [5.41, 5.74) is 1.91. The molecule has 106 valence electrons. The summed E-state index contributed by atoms with van der Waals surface area (Å²) in [6.07, 6.45) is 2.32. The molecule has 0 saturated carbocycles. The van der Waals surface area contributed by atoms with Gasteiger partial charge in [0, 0.05) is 37.3 Å². The van der Waals surface area contributed by atoms with E-state index < -0.39 is 0 Å². The molecule has 1 atom stereocenters. The number of aromatic nitrogens is 1. The molecule has 1 N–H and O–H groups in total. The van der Waals surface area contributed by atoms with Gasteiger partial charge in [-0.15, -0.1) is 0 Å². The maximum absolute atomic E-state index is 12.0. The maximum Gasteiger partial charge on any atom is 0.252 e. The van der Waals surface area contributed by atoms with Crippen LogP contribution in [0.15, 0.2) is 35.1 Å². The first-order chi connectivity index (χ1) is 9.75. The third kappa shape index (κ3) is 2.56. The van der Waals surface area contributed by atoms with E-state index in [1.54, 1.807) is 10.6 Å². The number of benzene rings is 1. The molecule has 2 aromatic rings. The van der Waals surface area contributed by atoms with Gasteiger partial charge in [0.1, 0.15) is 0 Å². The van der Waals surface area contributed by atoms with Crippen LogP contribution >= 0.6 is 0 Å². The van der Waals surface area contributed by atoms with Gasteiger partial charge in [-0.05, 0) is 24.8 Å². The Hall–Kier alpha value is -1.81. The molecule has 1 aliphatic heterocycles. The van der Waals surface area contributed by atoms with Crippen molar-refractivity contribution < 1.29 is 4.74 Å². The van der Waals surface area contributed by atoms with Gasteiger partial charge in [-0.3, -0.25) is 4.79 Å². The van der Waals surface area contributed by atoms with Crippen LogP contribution in [-0.2, 0) is 11.8 Å². The van der Waals surface area contributed by atoms with Crippen LogP contribution < -0.4 is 10.9 Å². The van der Waals surface area contributed by atoms with E-state index in [1.165, 1.54) is 6.42 Å². The fourth-order valence-electron chi connectivity index (χ4n) is 2.78. The third-order valence-electron chi connectivity index (χ3n) is 3.99. The zero-order valence-corrected chi connectivity index (χ0v) is 11.8. The largest absolute Gasteiger partial charge is 0.384 e. The van der Waals surface area contributed by atoms with Gasteiger partial charge in [0.25, 0.3) is 5.56 Å². The van der Waals surface area contributed by atoms with E-state index in [9.17, 15) is 4.79 Å². The van der Waals surface area contributed by atoms with Gasteiger partial charge >= 0.3 is 0 Å². The van der Waals surface area contributed by atoms with Crippen LogP contribution in [0.3, 0.4) is 0 Å². The van der Waals surface area contributed by atoms with Crippen molar-refractivity contribution in [1.29, 1.82) is 0 Å². The fourth-order valence-corrected chi connectivity index (χ4v) is 2.78. The molecular formula is C16H20N2O2. The topological polar surface area (TPSA) is 43.3 Å². The lowest BCUT2D eigenvalue weighted by Crippen LogP contribution is -2.25. The standard InChI is InChI=1S/C16H20N2O2/c1-18-15-7-3-2-6-13(15)14(9-16(18)19)17-10-12-5-4-8-20-11-12/h2-3,6-7,9,12,17H,4-5,8,10-11H2,1H3. The molecule has 0 radical (unpaired) electrons. The number of hydrogen-bond donors (Lipinski definition) is 1. The van der Waals surface area contributed by atoms with Crippen LogP contribution in [-0.4, -0.2) is 24.3 Å². The second-order valence-corrected chi connectivity index (χ2v) is 5.44. The summed E-state index contributed by atoms with van der Waals surface area (Å²) < 4.78 is 7.18. The number of para-hydroxylation sites is 1. The number of ether oxygens (including phenoxy) is 1. The number of pyridine rings is 1. The molecule has 1 saturated heterocycles. The first-order valence-electron chi connectivity index (χ1n) is 7.16. The van der Waals surface area contributed by atoms with Crippen molar-refractivity contribution >= 4 is 16.6 Å². The van der Waals surface area contributed by atoms with Crippen LogP contribution in [0.2, 0.25) is 0 Å². The molecule has 1 unspecified atom stereocenters. The maximum atomic E-state index is 12.0. The lowest BCUT2D eigenvalue weighted by molar-refractivity contribution is 0.0595. The summed E-state index contributed by atoms with van der Waals surface area (Å²) in [4.78, 5) is 12.0. The van der Waals surface area contributed by atoms with Gasteiger partial charge in [0.05, 0.1) is 12.1 Å². The number of nitrogens with one attached hydrogen (secondary N) is 1. The Bertz CT molecular complexity index is 657. The van der Waals surface area contributed by atoms with Crippen molar-refractivity contribution in [2.45, 2.75) is 12.8 Å². The molecular weight excluding hydrogens is 252 g/mol. The van der Waals surface area contributed by atoms with E-state index in [0.29, 0.717) is 5.92 Å². The predicted molar refractivity (Wildman–Crippen MR) is 81.2 cm³/mol. The first kappa shape index (κ1) is 13.2. The molecule has 1 aliphatic rings. The molecule has 0 bridgehead atoms. The SMILES string of the molecule is Cn1c(=O)cc(NCC2CCCOC2)c2ccccc21. The van der Waals surface area contributed by atoms with Crippen molar-refractivity contribution in [2.24, 2.45) is 13.0 Å². The summed E-state index contributed by atoms with van der Waals surface area (Å²) >= 11 is 0. The van der Waals surface area contributed by atoms with Gasteiger partial charge in [0.2, 0.25) is 0 Å². The highest BCUT2D eigenvalue weighted by Gasteiger charge is 2.14. The van der Waals surface area contributed by atoms with Gasteiger partial charge in [0.15, 0.2) is 0 Å². The van der Waals surface area contributed by atoms with Crippen molar-refractivity contribution in [3.8, 4) is 0 Å². The summed E-state index contributed by atoms with van der Waals surface area (Å²) in [5, 5.41) is 4.52. The predicted octanol–water partition coefficient (Wildman–Crippen LogP) is 2.38. The second-order valence-electron chi connectivity index (χ2n) is 5.44. The molecule has 2 heterocycles.